The first-order valence-electron chi connectivity index (χ1n) is 5.30. The summed E-state index contributed by atoms with van der Waals surface area (Å²) >= 11 is 11.6. The second-order valence-corrected chi connectivity index (χ2v) is 4.48. The molecular weight excluding hydrogens is 271 g/mol. The van der Waals surface area contributed by atoms with E-state index in [-0.39, 0.29) is 5.91 Å². The van der Waals surface area contributed by atoms with Gasteiger partial charge in [0.2, 0.25) is 0 Å². The minimum Gasteiger partial charge on any atom is -0.347 e. The van der Waals surface area contributed by atoms with Crippen LogP contribution in [0.2, 0.25) is 10.2 Å². The van der Waals surface area contributed by atoms with Gasteiger partial charge in [-0.3, -0.25) is 4.79 Å². The Morgan fingerprint density at radius 2 is 1.94 bits per heavy atom. The van der Waals surface area contributed by atoms with Gasteiger partial charge in [0, 0.05) is 11.6 Å². The summed E-state index contributed by atoms with van der Waals surface area (Å²) in [4.78, 5) is 15.7. The summed E-state index contributed by atoms with van der Waals surface area (Å²) in [5, 5.41) is 3.69. The summed E-state index contributed by atoms with van der Waals surface area (Å²) in [5.41, 5.74) is 1.22. The largest absolute Gasteiger partial charge is 0.347 e. The molecule has 3 nitrogen and oxygen atoms in total. The average Bonchev–Trinajstić information content (AvgIpc) is 2.36. The highest BCUT2D eigenvalue weighted by Crippen LogP contribution is 2.10. The molecule has 0 bridgehead atoms. The standard InChI is InChI=1S/C13H10Cl2N2O/c14-10-4-1-3-9(7-10)8-16-13(18)11-5-2-6-12(15)17-11/h1-7H,8H2,(H,16,18). The van der Waals surface area contributed by atoms with Crippen LogP contribution in [0.25, 0.3) is 0 Å². The molecule has 0 aliphatic heterocycles. The van der Waals surface area contributed by atoms with Crippen LogP contribution in [0.5, 0.6) is 0 Å². The molecule has 2 rings (SSSR count). The fourth-order valence-corrected chi connectivity index (χ4v) is 1.83. The maximum absolute atomic E-state index is 11.8. The number of hydrogen-bond donors (Lipinski definition) is 1. The van der Waals surface area contributed by atoms with Crippen molar-refractivity contribution >= 4 is 29.1 Å². The van der Waals surface area contributed by atoms with Gasteiger partial charge < -0.3 is 5.32 Å². The number of nitrogens with one attached hydrogen (secondary N) is 1. The number of aromatic nitrogens is 1. The van der Waals surface area contributed by atoms with E-state index in [1.165, 1.54) is 0 Å². The lowest BCUT2D eigenvalue weighted by Gasteiger charge is -2.05. The van der Waals surface area contributed by atoms with Crippen molar-refractivity contribution in [1.82, 2.24) is 10.3 Å². The van der Waals surface area contributed by atoms with Crippen LogP contribution in [0.1, 0.15) is 16.1 Å². The maximum Gasteiger partial charge on any atom is 0.270 e. The van der Waals surface area contributed by atoms with Gasteiger partial charge in [0.05, 0.1) is 0 Å². The van der Waals surface area contributed by atoms with Crippen LogP contribution in [0.4, 0.5) is 0 Å². The highest BCUT2D eigenvalue weighted by atomic mass is 35.5. The minimum absolute atomic E-state index is 0.266. The quantitative estimate of drug-likeness (QED) is 0.877. The van der Waals surface area contributed by atoms with Crippen molar-refractivity contribution in [2.75, 3.05) is 0 Å². The second-order valence-electron chi connectivity index (χ2n) is 3.66. The number of hydrogen-bond acceptors (Lipinski definition) is 2. The van der Waals surface area contributed by atoms with Gasteiger partial charge in [-0.1, -0.05) is 41.4 Å². The average molecular weight is 281 g/mol. The third-order valence-electron chi connectivity index (χ3n) is 2.29. The Morgan fingerprint density at radius 3 is 2.67 bits per heavy atom. The van der Waals surface area contributed by atoms with Crippen LogP contribution in [0.3, 0.4) is 0 Å². The Labute approximate surface area is 115 Å². The van der Waals surface area contributed by atoms with Crippen molar-refractivity contribution < 1.29 is 4.79 Å². The van der Waals surface area contributed by atoms with E-state index in [1.54, 1.807) is 30.3 Å². The maximum atomic E-state index is 11.8. The molecule has 1 amide bonds. The van der Waals surface area contributed by atoms with Gasteiger partial charge >= 0.3 is 0 Å². The molecular formula is C13H10Cl2N2O. The summed E-state index contributed by atoms with van der Waals surface area (Å²) in [6.45, 7) is 0.396. The monoisotopic (exact) mass is 280 g/mol. The Bertz CT molecular complexity index is 572. The third kappa shape index (κ3) is 3.45. The van der Waals surface area contributed by atoms with Crippen LogP contribution in [0, 0.1) is 0 Å². The number of amides is 1. The lowest BCUT2D eigenvalue weighted by molar-refractivity contribution is 0.0946. The number of carbonyl (C=O) groups excluding carboxylic acids is 1. The van der Waals surface area contributed by atoms with E-state index in [4.69, 9.17) is 23.2 Å². The smallest absolute Gasteiger partial charge is 0.270 e. The van der Waals surface area contributed by atoms with E-state index < -0.39 is 0 Å². The lowest BCUT2D eigenvalue weighted by Crippen LogP contribution is -2.23. The molecule has 0 fully saturated rings. The van der Waals surface area contributed by atoms with Crippen molar-refractivity contribution in [3.8, 4) is 0 Å². The summed E-state index contributed by atoms with van der Waals surface area (Å²) in [6, 6.07) is 12.2. The van der Waals surface area contributed by atoms with Crippen LogP contribution in [-0.2, 0) is 6.54 Å². The summed E-state index contributed by atoms with van der Waals surface area (Å²) in [5.74, 6) is -0.266. The summed E-state index contributed by atoms with van der Waals surface area (Å²) in [6.07, 6.45) is 0. The van der Waals surface area contributed by atoms with E-state index in [1.807, 2.05) is 12.1 Å². The number of carbonyl (C=O) groups is 1. The Balaban J connectivity index is 2.00. The van der Waals surface area contributed by atoms with E-state index in [0.717, 1.165) is 5.56 Å². The molecule has 0 radical (unpaired) electrons. The number of pyridine rings is 1. The normalized spacial score (nSPS) is 10.1. The predicted octanol–water partition coefficient (Wildman–Crippen LogP) is 3.32. The van der Waals surface area contributed by atoms with Gasteiger partial charge in [0.25, 0.3) is 5.91 Å². The summed E-state index contributed by atoms with van der Waals surface area (Å²) in [7, 11) is 0. The molecule has 18 heavy (non-hydrogen) atoms. The molecule has 0 saturated carbocycles. The van der Waals surface area contributed by atoms with Gasteiger partial charge in [0.1, 0.15) is 10.8 Å². The first kappa shape index (κ1) is 12.9. The zero-order valence-electron chi connectivity index (χ0n) is 9.36. The highest BCUT2D eigenvalue weighted by molar-refractivity contribution is 6.30. The van der Waals surface area contributed by atoms with Crippen molar-refractivity contribution in [1.29, 1.82) is 0 Å². The van der Waals surface area contributed by atoms with E-state index in [0.29, 0.717) is 22.4 Å². The molecule has 0 aliphatic rings. The van der Waals surface area contributed by atoms with Gasteiger partial charge in [-0.05, 0) is 29.8 Å². The fraction of sp³-hybridized carbons (Fsp3) is 0.0769. The number of nitrogens with zero attached hydrogens (tertiary/aromatic N) is 1. The molecule has 0 spiro atoms. The van der Waals surface area contributed by atoms with Crippen molar-refractivity contribution in [3.63, 3.8) is 0 Å². The zero-order valence-corrected chi connectivity index (χ0v) is 10.9. The first-order valence-corrected chi connectivity index (χ1v) is 6.06. The predicted molar refractivity (Wildman–Crippen MR) is 71.9 cm³/mol. The molecule has 0 unspecified atom stereocenters. The van der Waals surface area contributed by atoms with Crippen molar-refractivity contribution in [3.05, 3.63) is 63.9 Å². The molecule has 0 aliphatic carbocycles. The zero-order chi connectivity index (χ0) is 13.0. The minimum atomic E-state index is -0.266. The Kier molecular flexibility index (Phi) is 4.18. The van der Waals surface area contributed by atoms with Gasteiger partial charge in [-0.25, -0.2) is 4.98 Å². The third-order valence-corrected chi connectivity index (χ3v) is 2.74. The molecule has 92 valence electrons. The van der Waals surface area contributed by atoms with Gasteiger partial charge in [0.15, 0.2) is 0 Å². The van der Waals surface area contributed by atoms with Crippen LogP contribution in [-0.4, -0.2) is 10.9 Å². The van der Waals surface area contributed by atoms with Gasteiger partial charge in [-0.2, -0.15) is 0 Å². The molecule has 0 saturated heterocycles. The molecule has 0 atom stereocenters. The number of benzene rings is 1. The molecule has 1 N–H and O–H groups in total. The van der Waals surface area contributed by atoms with E-state index in [9.17, 15) is 4.79 Å². The van der Waals surface area contributed by atoms with E-state index in [2.05, 4.69) is 10.3 Å². The topological polar surface area (TPSA) is 42.0 Å². The van der Waals surface area contributed by atoms with E-state index >= 15 is 0 Å². The number of rotatable bonds is 3. The van der Waals surface area contributed by atoms with Gasteiger partial charge in [-0.15, -0.1) is 0 Å². The fourth-order valence-electron chi connectivity index (χ4n) is 1.45. The van der Waals surface area contributed by atoms with Crippen LogP contribution < -0.4 is 5.32 Å². The Hall–Kier alpha value is -1.58. The van der Waals surface area contributed by atoms with Crippen LogP contribution >= 0.6 is 23.2 Å². The SMILES string of the molecule is O=C(NCc1cccc(Cl)c1)c1cccc(Cl)n1. The highest BCUT2D eigenvalue weighted by Gasteiger charge is 2.07. The van der Waals surface area contributed by atoms with Crippen LogP contribution in [0.15, 0.2) is 42.5 Å². The lowest BCUT2D eigenvalue weighted by atomic mass is 10.2. The second kappa shape index (κ2) is 5.85. The molecule has 1 aromatic heterocycles. The Morgan fingerprint density at radius 1 is 1.17 bits per heavy atom. The molecule has 1 aromatic carbocycles. The number of halogens is 2. The summed E-state index contributed by atoms with van der Waals surface area (Å²) < 4.78 is 0. The molecule has 2 aromatic rings. The first-order chi connectivity index (χ1) is 8.65. The molecule has 5 heteroatoms. The molecule has 1 heterocycles. The van der Waals surface area contributed by atoms with Crippen molar-refractivity contribution in [2.45, 2.75) is 6.54 Å². The van der Waals surface area contributed by atoms with Crippen molar-refractivity contribution in [2.24, 2.45) is 0 Å².